The molecule has 0 unspecified atom stereocenters. The molecule has 6 fully saturated rings. The fourth-order valence-corrected chi connectivity index (χ4v) is 9.63. The summed E-state index contributed by atoms with van der Waals surface area (Å²) in [4.78, 5) is 26.2. The van der Waals surface area contributed by atoms with Gasteiger partial charge >= 0.3 is 5.97 Å². The van der Waals surface area contributed by atoms with Crippen molar-refractivity contribution in [3.63, 3.8) is 0 Å². The third-order valence-electron chi connectivity index (χ3n) is 13.9. The van der Waals surface area contributed by atoms with Gasteiger partial charge in [-0.15, -0.1) is 0 Å². The number of rotatable bonds is 20. The van der Waals surface area contributed by atoms with Crippen molar-refractivity contribution in [2.75, 3.05) is 39.6 Å². The Morgan fingerprint density at radius 3 is 1.54 bits per heavy atom. The highest BCUT2D eigenvalue weighted by Crippen LogP contribution is 2.41. The molecule has 23 N–H and O–H groups in total. The number of amides is 1. The predicted octanol–water partition coefficient (Wildman–Crippen LogP) is -14.8. The molecule has 31 atom stereocenters. The molecule has 0 spiro atoms. The molecule has 0 aromatic rings. The van der Waals surface area contributed by atoms with Gasteiger partial charge in [0.2, 0.25) is 5.91 Å². The van der Waals surface area contributed by atoms with Crippen LogP contribution in [0, 0.1) is 0 Å². The average molecular weight is 1120 g/mol. The number of hydrogen-bond acceptors (Lipinski definition) is 33. The maximum atomic E-state index is 13.4. The summed E-state index contributed by atoms with van der Waals surface area (Å²) in [5.74, 6) is -6.37. The number of aliphatic hydroxyl groups is 19. The highest BCUT2D eigenvalue weighted by molar-refractivity contribution is 5.76. The standard InChI is InChI=1S/C41H70N2O33/c1-9(50)43-18-33(21(54)13(5-46)68-36(18)72-31-16(8-49)71-38(28(61)25(31)58)73-30-15(7-48)66-35(63)26(59)24(30)57)74-39-29(62)34(22(55)14(6-47)70-39)76-41(40(64)65)2-11(17(42)32(75-41)19(52)10(51)3-44)67-37-27(60)23(56)20(53)12(4-45)69-37/h10-39,44-49,51-63H,2-8,42H2,1H3,(H,43,50)(H,64,65)/t10-,11+,12-,13-,14-,15-,16-,17-,18-,19-,20+,21+,22+,23+,24-,25-,26-,27-,28-,29-,30-,31+,32-,33-,34+,35-,36+,37-,38+,39+,41+/m1/s1. The minimum absolute atomic E-state index is 0.905. The molecule has 0 bridgehead atoms. The number of nitrogens with one attached hydrogen (secondary N) is 1. The van der Waals surface area contributed by atoms with Crippen molar-refractivity contribution in [1.82, 2.24) is 5.32 Å². The third kappa shape index (κ3) is 12.9. The monoisotopic (exact) mass is 1120 g/mol. The number of hydrogen-bond donors (Lipinski definition) is 22. The summed E-state index contributed by atoms with van der Waals surface area (Å²) in [6.45, 7) is -5.39. The number of carboxylic acids is 1. The van der Waals surface area contributed by atoms with Gasteiger partial charge in [0.15, 0.2) is 31.5 Å². The van der Waals surface area contributed by atoms with Crippen molar-refractivity contribution in [2.24, 2.45) is 5.73 Å². The van der Waals surface area contributed by atoms with Crippen molar-refractivity contribution in [3.8, 4) is 0 Å². The predicted molar refractivity (Wildman–Crippen MR) is 230 cm³/mol. The van der Waals surface area contributed by atoms with Crippen molar-refractivity contribution < 1.29 is 164 Å². The van der Waals surface area contributed by atoms with Crippen LogP contribution in [0.3, 0.4) is 0 Å². The van der Waals surface area contributed by atoms with Gasteiger partial charge in [-0.3, -0.25) is 4.79 Å². The SMILES string of the molecule is CC(=O)N[C@H]1[C@H](O[C@@H]2[C@H](O)[C@@H](O)[C@H](O[C@H]3[C@H](O)[C@@H](O)[C@H](O)O[C@@H]3CO)O[C@@H]2CO)O[C@H](CO)[C@H](O)[C@@H]1O[C@@H]1O[C@H](CO)[C@H](O)[C@H](O[C@]2(C(=O)O)C[C@H](O[C@@H]3O[C@H](CO)[C@H](O)[C@H](O)[C@H]3O)[C@@H](N)[C@H]([C@H](O)[C@H](O)CO)O2)[C@H]1O. The zero-order valence-corrected chi connectivity index (χ0v) is 40.1. The lowest BCUT2D eigenvalue weighted by molar-refractivity contribution is -0.392. The zero-order valence-electron chi connectivity index (χ0n) is 40.1. The molecule has 35 nitrogen and oxygen atoms in total. The maximum Gasteiger partial charge on any atom is 0.364 e. The largest absolute Gasteiger partial charge is 0.477 e. The first kappa shape index (κ1) is 62.9. The Kier molecular flexibility index (Phi) is 22.0. The fraction of sp³-hybridized carbons (Fsp3) is 0.951. The van der Waals surface area contributed by atoms with E-state index in [1.165, 1.54) is 0 Å². The van der Waals surface area contributed by atoms with Gasteiger partial charge in [-0.1, -0.05) is 0 Å². The van der Waals surface area contributed by atoms with Crippen LogP contribution in [0.5, 0.6) is 0 Å². The Morgan fingerprint density at radius 1 is 0.553 bits per heavy atom. The number of aliphatic hydroxyl groups excluding tert-OH is 19. The molecule has 0 aromatic carbocycles. The van der Waals surface area contributed by atoms with Gasteiger partial charge in [0.05, 0.1) is 51.8 Å². The van der Waals surface area contributed by atoms with Crippen molar-refractivity contribution in [3.05, 3.63) is 0 Å². The first-order chi connectivity index (χ1) is 35.8. The van der Waals surface area contributed by atoms with E-state index in [1.54, 1.807) is 0 Å². The highest BCUT2D eigenvalue weighted by atomic mass is 16.8. The van der Waals surface area contributed by atoms with Crippen LogP contribution in [0.2, 0.25) is 0 Å². The van der Waals surface area contributed by atoms with Crippen LogP contribution in [0.25, 0.3) is 0 Å². The summed E-state index contributed by atoms with van der Waals surface area (Å²) < 4.78 is 62.2. The van der Waals surface area contributed by atoms with Crippen molar-refractivity contribution >= 4 is 11.9 Å². The second kappa shape index (κ2) is 26.5. The van der Waals surface area contributed by atoms with Crippen molar-refractivity contribution in [1.29, 1.82) is 0 Å². The minimum atomic E-state index is -3.31. The molecule has 76 heavy (non-hydrogen) atoms. The third-order valence-corrected chi connectivity index (χ3v) is 13.9. The van der Waals surface area contributed by atoms with E-state index >= 15 is 0 Å². The van der Waals surface area contributed by atoms with Crippen LogP contribution < -0.4 is 11.1 Å². The summed E-state index contributed by atoms with van der Waals surface area (Å²) in [7, 11) is 0. The number of ether oxygens (including phenoxy) is 11. The van der Waals surface area contributed by atoms with E-state index in [-0.39, 0.29) is 0 Å². The molecule has 6 aliphatic heterocycles. The fourth-order valence-electron chi connectivity index (χ4n) is 9.63. The molecule has 6 heterocycles. The summed E-state index contributed by atoms with van der Waals surface area (Å²) in [6, 6.07) is -3.65. The maximum absolute atomic E-state index is 13.4. The number of carbonyl (C=O) groups excluding carboxylic acids is 1. The molecule has 0 saturated carbocycles. The molecule has 0 aromatic heterocycles. The van der Waals surface area contributed by atoms with Crippen LogP contribution in [-0.4, -0.2) is 343 Å². The van der Waals surface area contributed by atoms with E-state index in [9.17, 15) is 112 Å². The molecule has 0 aliphatic carbocycles. The molecule has 6 saturated heterocycles. The van der Waals surface area contributed by atoms with Crippen LogP contribution in [0.1, 0.15) is 13.3 Å². The van der Waals surface area contributed by atoms with Gasteiger partial charge in [0.1, 0.15) is 140 Å². The van der Waals surface area contributed by atoms with E-state index in [2.05, 4.69) is 5.32 Å². The second-order valence-electron chi connectivity index (χ2n) is 19.0. The van der Waals surface area contributed by atoms with Gasteiger partial charge in [-0.2, -0.15) is 0 Å². The normalized spacial score (nSPS) is 49.2. The Bertz CT molecular complexity index is 1850. The molecule has 6 aliphatic rings. The molecule has 0 radical (unpaired) electrons. The van der Waals surface area contributed by atoms with Crippen LogP contribution in [-0.2, 0) is 61.7 Å². The van der Waals surface area contributed by atoms with Gasteiger partial charge in [-0.05, 0) is 0 Å². The van der Waals surface area contributed by atoms with E-state index in [4.69, 9.17) is 57.8 Å². The summed E-state index contributed by atoms with van der Waals surface area (Å²) in [5, 5.41) is 215. The van der Waals surface area contributed by atoms with E-state index < -0.39 is 248 Å². The second-order valence-corrected chi connectivity index (χ2v) is 19.0. The van der Waals surface area contributed by atoms with E-state index in [0.717, 1.165) is 6.92 Å². The lowest BCUT2D eigenvalue weighted by Crippen LogP contribution is -2.71. The van der Waals surface area contributed by atoms with Gasteiger partial charge < -0.3 is 165 Å². The van der Waals surface area contributed by atoms with Crippen LogP contribution >= 0.6 is 0 Å². The van der Waals surface area contributed by atoms with Gasteiger partial charge in [-0.25, -0.2) is 4.79 Å². The summed E-state index contributed by atoms with van der Waals surface area (Å²) >= 11 is 0. The Balaban J connectivity index is 1.28. The lowest BCUT2D eigenvalue weighted by atomic mass is 9.88. The topological polar surface area (TPSA) is 578 Å². The number of nitrogens with two attached hydrogens (primary N) is 1. The molecule has 35 heteroatoms. The van der Waals surface area contributed by atoms with E-state index in [0.29, 0.717) is 0 Å². The number of aliphatic carboxylic acids is 1. The molecule has 1 amide bonds. The van der Waals surface area contributed by atoms with Crippen LogP contribution in [0.4, 0.5) is 0 Å². The summed E-state index contributed by atoms with van der Waals surface area (Å²) in [6.07, 6.45) is -57.9. The molecule has 442 valence electrons. The molecular weight excluding hydrogens is 1050 g/mol. The first-order valence-corrected chi connectivity index (χ1v) is 23.8. The lowest BCUT2D eigenvalue weighted by Gasteiger charge is -2.52. The van der Waals surface area contributed by atoms with Gasteiger partial charge in [0, 0.05) is 13.3 Å². The number of carbonyl (C=O) groups is 2. The first-order valence-electron chi connectivity index (χ1n) is 23.8. The Morgan fingerprint density at radius 2 is 1.00 bits per heavy atom. The van der Waals surface area contributed by atoms with Crippen molar-refractivity contribution in [2.45, 2.75) is 203 Å². The smallest absolute Gasteiger partial charge is 0.364 e. The van der Waals surface area contributed by atoms with E-state index in [1.807, 2.05) is 0 Å². The Labute approximate surface area is 429 Å². The average Bonchev–Trinajstić information content (AvgIpc) is 3.39. The molecular formula is C41H70N2O33. The molecule has 6 rings (SSSR count). The van der Waals surface area contributed by atoms with Gasteiger partial charge in [0.25, 0.3) is 5.79 Å². The number of carboxylic acid groups (broad SMARTS) is 1. The summed E-state index contributed by atoms with van der Waals surface area (Å²) in [5.41, 5.74) is 6.33. The zero-order chi connectivity index (χ0) is 56.4. The quantitative estimate of drug-likeness (QED) is 0.0538. The van der Waals surface area contributed by atoms with Crippen LogP contribution in [0.15, 0.2) is 0 Å². The highest BCUT2D eigenvalue weighted by Gasteiger charge is 2.62. The minimum Gasteiger partial charge on any atom is -0.477 e. The Hall–Kier alpha value is -2.30.